The van der Waals surface area contributed by atoms with E-state index in [9.17, 15) is 9.18 Å². The molecule has 0 radical (unpaired) electrons. The third-order valence-corrected chi connectivity index (χ3v) is 3.31. The summed E-state index contributed by atoms with van der Waals surface area (Å²) in [5, 5.41) is 2.31. The summed E-state index contributed by atoms with van der Waals surface area (Å²) in [6.45, 7) is 0.304. The minimum atomic E-state index is -0.657. The first-order valence-corrected chi connectivity index (χ1v) is 6.16. The lowest BCUT2D eigenvalue weighted by Gasteiger charge is -2.08. The number of carbonyl (C=O) groups is 1. The first kappa shape index (κ1) is 13.8. The number of hydrogen-bond acceptors (Lipinski definition) is 2. The third kappa shape index (κ3) is 3.22. The molecule has 0 saturated heterocycles. The third-order valence-electron chi connectivity index (χ3n) is 2.46. The van der Waals surface area contributed by atoms with Crippen LogP contribution in [0.25, 0.3) is 0 Å². The van der Waals surface area contributed by atoms with Crippen LogP contribution in [0.5, 0.6) is 0 Å². The lowest BCUT2D eigenvalue weighted by Crippen LogP contribution is -2.23. The largest absolute Gasteiger partial charge is 0.348 e. The summed E-state index contributed by atoms with van der Waals surface area (Å²) in [5.74, 6) is -1.08. The molecule has 1 heterocycles. The van der Waals surface area contributed by atoms with Crippen LogP contribution in [-0.4, -0.2) is 10.9 Å². The number of aromatic nitrogens is 1. The van der Waals surface area contributed by atoms with Crippen molar-refractivity contribution in [2.75, 3.05) is 0 Å². The number of nitrogens with one attached hydrogen (secondary N) is 1. The van der Waals surface area contributed by atoms with Crippen LogP contribution in [0.1, 0.15) is 15.9 Å². The highest BCUT2D eigenvalue weighted by atomic mass is 35.5. The zero-order chi connectivity index (χ0) is 13.8. The average Bonchev–Trinajstić information content (AvgIpc) is 2.43. The molecule has 0 aliphatic heterocycles. The summed E-state index contributed by atoms with van der Waals surface area (Å²) < 4.78 is 13.1. The van der Waals surface area contributed by atoms with Gasteiger partial charge in [0.2, 0.25) is 0 Å². The monoisotopic (exact) mass is 298 g/mol. The van der Waals surface area contributed by atoms with Crippen molar-refractivity contribution < 1.29 is 9.18 Å². The first-order valence-electron chi connectivity index (χ1n) is 5.40. The molecule has 1 aromatic carbocycles. The molecule has 1 aromatic heterocycles. The van der Waals surface area contributed by atoms with Crippen molar-refractivity contribution in [3.63, 3.8) is 0 Å². The molecule has 0 fully saturated rings. The van der Waals surface area contributed by atoms with Crippen molar-refractivity contribution in [3.8, 4) is 0 Å². The molecule has 0 saturated carbocycles. The fourth-order valence-corrected chi connectivity index (χ4v) is 1.89. The van der Waals surface area contributed by atoms with Crippen LogP contribution in [0.15, 0.2) is 36.7 Å². The molecule has 0 aliphatic rings. The van der Waals surface area contributed by atoms with Crippen molar-refractivity contribution in [1.29, 1.82) is 0 Å². The van der Waals surface area contributed by atoms with E-state index in [1.165, 1.54) is 6.07 Å². The van der Waals surface area contributed by atoms with E-state index in [0.717, 1.165) is 11.6 Å². The van der Waals surface area contributed by atoms with Gasteiger partial charge in [-0.3, -0.25) is 9.78 Å². The lowest BCUT2D eigenvalue weighted by molar-refractivity contribution is 0.0951. The zero-order valence-electron chi connectivity index (χ0n) is 9.66. The number of amides is 1. The van der Waals surface area contributed by atoms with Gasteiger partial charge in [0, 0.05) is 18.9 Å². The highest BCUT2D eigenvalue weighted by Gasteiger charge is 2.15. The molecular formula is C13H9Cl2FN2O. The Kier molecular flexibility index (Phi) is 4.35. The maximum atomic E-state index is 13.1. The molecule has 98 valence electrons. The zero-order valence-corrected chi connectivity index (χ0v) is 11.2. The summed E-state index contributed by atoms with van der Waals surface area (Å²) in [5.41, 5.74) is 0.983. The Morgan fingerprint density at radius 2 is 2.05 bits per heavy atom. The Morgan fingerprint density at radius 3 is 2.74 bits per heavy atom. The number of halogens is 3. The van der Waals surface area contributed by atoms with E-state index >= 15 is 0 Å². The second kappa shape index (κ2) is 5.99. The van der Waals surface area contributed by atoms with E-state index in [-0.39, 0.29) is 15.6 Å². The molecule has 0 atom stereocenters. The van der Waals surface area contributed by atoms with Gasteiger partial charge in [-0.2, -0.15) is 0 Å². The van der Waals surface area contributed by atoms with Crippen LogP contribution < -0.4 is 5.32 Å². The minimum absolute atomic E-state index is 0.0923. The fraction of sp³-hybridized carbons (Fsp3) is 0.0769. The second-order valence-electron chi connectivity index (χ2n) is 3.77. The molecule has 6 heteroatoms. The molecular weight excluding hydrogens is 290 g/mol. The maximum absolute atomic E-state index is 13.1. The Balaban J connectivity index is 2.11. The Bertz CT molecular complexity index is 605. The summed E-state index contributed by atoms with van der Waals surface area (Å²) in [7, 11) is 0. The SMILES string of the molecule is O=C(NCc1cccnc1)c1ccc(F)c(Cl)c1Cl. The molecule has 0 bridgehead atoms. The van der Waals surface area contributed by atoms with Gasteiger partial charge in [0.1, 0.15) is 5.82 Å². The van der Waals surface area contributed by atoms with Gasteiger partial charge in [0.05, 0.1) is 15.6 Å². The number of rotatable bonds is 3. The predicted molar refractivity (Wildman–Crippen MR) is 71.8 cm³/mol. The highest BCUT2D eigenvalue weighted by Crippen LogP contribution is 2.28. The topological polar surface area (TPSA) is 42.0 Å². The quantitative estimate of drug-likeness (QED) is 0.882. The number of carbonyl (C=O) groups excluding carboxylic acids is 1. The van der Waals surface area contributed by atoms with Gasteiger partial charge in [-0.05, 0) is 23.8 Å². The Hall–Kier alpha value is -1.65. The summed E-state index contributed by atoms with van der Waals surface area (Å²) >= 11 is 11.5. The van der Waals surface area contributed by atoms with Gasteiger partial charge in [-0.1, -0.05) is 29.3 Å². The van der Waals surface area contributed by atoms with Crippen LogP contribution in [0, 0.1) is 5.82 Å². The van der Waals surface area contributed by atoms with Gasteiger partial charge in [0.25, 0.3) is 5.91 Å². The van der Waals surface area contributed by atoms with E-state index in [4.69, 9.17) is 23.2 Å². The Labute approximate surface area is 119 Å². The predicted octanol–water partition coefficient (Wildman–Crippen LogP) is 3.46. The standard InChI is InChI=1S/C13H9Cl2FN2O/c14-11-9(3-4-10(16)12(11)15)13(19)18-7-8-2-1-5-17-6-8/h1-6H,7H2,(H,18,19). The summed E-state index contributed by atoms with van der Waals surface area (Å²) in [6.07, 6.45) is 3.28. The summed E-state index contributed by atoms with van der Waals surface area (Å²) in [6, 6.07) is 5.99. The first-order chi connectivity index (χ1) is 9.09. The highest BCUT2D eigenvalue weighted by molar-refractivity contribution is 6.43. The van der Waals surface area contributed by atoms with E-state index in [2.05, 4.69) is 10.3 Å². The lowest BCUT2D eigenvalue weighted by atomic mass is 10.2. The molecule has 2 aromatic rings. The van der Waals surface area contributed by atoms with Crippen molar-refractivity contribution in [1.82, 2.24) is 10.3 Å². The van der Waals surface area contributed by atoms with Crippen molar-refractivity contribution in [2.24, 2.45) is 0 Å². The van der Waals surface area contributed by atoms with Gasteiger partial charge in [-0.15, -0.1) is 0 Å². The molecule has 1 amide bonds. The van der Waals surface area contributed by atoms with Gasteiger partial charge < -0.3 is 5.32 Å². The smallest absolute Gasteiger partial charge is 0.253 e. The van der Waals surface area contributed by atoms with E-state index in [1.54, 1.807) is 18.5 Å². The molecule has 0 spiro atoms. The van der Waals surface area contributed by atoms with Crippen molar-refractivity contribution >= 4 is 29.1 Å². The van der Waals surface area contributed by atoms with Crippen LogP contribution in [0.3, 0.4) is 0 Å². The fourth-order valence-electron chi connectivity index (χ4n) is 1.48. The van der Waals surface area contributed by atoms with Gasteiger partial charge >= 0.3 is 0 Å². The number of nitrogens with zero attached hydrogens (tertiary/aromatic N) is 1. The minimum Gasteiger partial charge on any atom is -0.348 e. The maximum Gasteiger partial charge on any atom is 0.253 e. The molecule has 2 rings (SSSR count). The van der Waals surface area contributed by atoms with E-state index in [0.29, 0.717) is 6.54 Å². The number of hydrogen-bond donors (Lipinski definition) is 1. The molecule has 0 aliphatic carbocycles. The normalized spacial score (nSPS) is 10.3. The molecule has 3 nitrogen and oxygen atoms in total. The molecule has 19 heavy (non-hydrogen) atoms. The van der Waals surface area contributed by atoms with Crippen LogP contribution in [-0.2, 0) is 6.54 Å². The Morgan fingerprint density at radius 1 is 1.26 bits per heavy atom. The molecule has 0 unspecified atom stereocenters. The summed E-state index contributed by atoms with van der Waals surface area (Å²) in [4.78, 5) is 15.8. The molecule has 1 N–H and O–H groups in total. The van der Waals surface area contributed by atoms with E-state index < -0.39 is 11.7 Å². The van der Waals surface area contributed by atoms with Crippen LogP contribution >= 0.6 is 23.2 Å². The van der Waals surface area contributed by atoms with Crippen molar-refractivity contribution in [3.05, 3.63) is 63.6 Å². The van der Waals surface area contributed by atoms with E-state index in [1.807, 2.05) is 6.07 Å². The van der Waals surface area contributed by atoms with Crippen molar-refractivity contribution in [2.45, 2.75) is 6.54 Å². The number of pyridine rings is 1. The number of benzene rings is 1. The van der Waals surface area contributed by atoms with Crippen LogP contribution in [0.2, 0.25) is 10.0 Å². The van der Waals surface area contributed by atoms with Gasteiger partial charge in [0.15, 0.2) is 0 Å². The van der Waals surface area contributed by atoms with Gasteiger partial charge in [-0.25, -0.2) is 4.39 Å². The van der Waals surface area contributed by atoms with Crippen LogP contribution in [0.4, 0.5) is 4.39 Å². The second-order valence-corrected chi connectivity index (χ2v) is 4.52. The average molecular weight is 299 g/mol.